The summed E-state index contributed by atoms with van der Waals surface area (Å²) in [4.78, 5) is 29.0. The number of benzene rings is 2. The molecule has 34 heavy (non-hydrogen) atoms. The summed E-state index contributed by atoms with van der Waals surface area (Å²) in [5, 5.41) is 7.08. The molecule has 0 spiro atoms. The number of hydrogen-bond donors (Lipinski definition) is 2. The first-order chi connectivity index (χ1) is 16.2. The molecule has 0 saturated carbocycles. The van der Waals surface area contributed by atoms with Gasteiger partial charge < -0.3 is 15.1 Å². The van der Waals surface area contributed by atoms with Crippen LogP contribution in [0.4, 0.5) is 24.5 Å². The van der Waals surface area contributed by atoms with Crippen molar-refractivity contribution < 1.29 is 27.2 Å². The number of anilines is 2. The fourth-order valence-corrected chi connectivity index (χ4v) is 4.04. The van der Waals surface area contributed by atoms with E-state index in [0.717, 1.165) is 28.3 Å². The van der Waals surface area contributed by atoms with Gasteiger partial charge in [0.05, 0.1) is 29.6 Å². The summed E-state index contributed by atoms with van der Waals surface area (Å²) in [6.45, 7) is 1.96. The van der Waals surface area contributed by atoms with Crippen LogP contribution in [0.3, 0.4) is 0 Å². The van der Waals surface area contributed by atoms with Gasteiger partial charge in [0.15, 0.2) is 5.76 Å². The monoisotopic (exact) mass is 485 g/mol. The quantitative estimate of drug-likeness (QED) is 0.342. The number of hydrogen-bond acceptors (Lipinski definition) is 5. The zero-order valence-electron chi connectivity index (χ0n) is 17.8. The van der Waals surface area contributed by atoms with Crippen LogP contribution in [0.25, 0.3) is 10.6 Å². The Labute approximate surface area is 196 Å². The minimum Gasteiger partial charge on any atom is -0.459 e. The normalized spacial score (nSPS) is 11.3. The van der Waals surface area contributed by atoms with E-state index in [9.17, 15) is 22.8 Å². The van der Waals surface area contributed by atoms with Crippen LogP contribution in [0.5, 0.6) is 0 Å². The van der Waals surface area contributed by atoms with E-state index in [1.165, 1.54) is 35.8 Å². The van der Waals surface area contributed by atoms with Crippen LogP contribution >= 0.6 is 11.3 Å². The first-order valence-electron chi connectivity index (χ1n) is 10.1. The first-order valence-corrected chi connectivity index (χ1v) is 10.9. The number of aryl methyl sites for hydroxylation is 1. The van der Waals surface area contributed by atoms with Crippen LogP contribution in [0.15, 0.2) is 70.7 Å². The largest absolute Gasteiger partial charge is 0.459 e. The molecule has 174 valence electrons. The Kier molecular flexibility index (Phi) is 6.51. The van der Waals surface area contributed by atoms with Crippen molar-refractivity contribution in [3.8, 4) is 10.6 Å². The predicted molar refractivity (Wildman–Crippen MR) is 123 cm³/mol. The maximum atomic E-state index is 13.6. The lowest BCUT2D eigenvalue weighted by atomic mass is 10.1. The van der Waals surface area contributed by atoms with Crippen molar-refractivity contribution >= 4 is 34.5 Å². The Morgan fingerprint density at radius 3 is 2.59 bits per heavy atom. The van der Waals surface area contributed by atoms with Gasteiger partial charge in [0.25, 0.3) is 5.91 Å². The van der Waals surface area contributed by atoms with E-state index in [1.54, 1.807) is 5.38 Å². The predicted octanol–water partition coefficient (Wildman–Crippen LogP) is 6.16. The Hall–Kier alpha value is -3.92. The van der Waals surface area contributed by atoms with Crippen LogP contribution < -0.4 is 10.6 Å². The molecule has 6 nitrogen and oxygen atoms in total. The van der Waals surface area contributed by atoms with Crippen molar-refractivity contribution in [2.24, 2.45) is 0 Å². The highest BCUT2D eigenvalue weighted by molar-refractivity contribution is 7.13. The number of amides is 2. The lowest BCUT2D eigenvalue weighted by molar-refractivity contribution is -0.136. The highest BCUT2D eigenvalue weighted by Crippen LogP contribution is 2.37. The molecule has 0 aliphatic rings. The van der Waals surface area contributed by atoms with Crippen LogP contribution in [0.2, 0.25) is 0 Å². The number of aromatic nitrogens is 1. The van der Waals surface area contributed by atoms with Crippen molar-refractivity contribution in [1.82, 2.24) is 4.98 Å². The summed E-state index contributed by atoms with van der Waals surface area (Å²) >= 11 is 1.35. The second-order valence-corrected chi connectivity index (χ2v) is 8.29. The number of carbonyl (C=O) groups excluding carboxylic acids is 2. The maximum absolute atomic E-state index is 13.6. The third-order valence-electron chi connectivity index (χ3n) is 4.76. The van der Waals surface area contributed by atoms with Gasteiger partial charge in [-0.05, 0) is 43.3 Å². The van der Waals surface area contributed by atoms with Gasteiger partial charge in [-0.15, -0.1) is 11.3 Å². The number of nitrogens with zero attached hydrogens (tertiary/aromatic N) is 1. The third kappa shape index (κ3) is 5.52. The molecule has 0 radical (unpaired) electrons. The fourth-order valence-electron chi connectivity index (χ4n) is 3.22. The van der Waals surface area contributed by atoms with Gasteiger partial charge >= 0.3 is 6.18 Å². The second-order valence-electron chi connectivity index (χ2n) is 7.43. The number of halogens is 3. The highest BCUT2D eigenvalue weighted by atomic mass is 32.1. The lowest BCUT2D eigenvalue weighted by Crippen LogP contribution is -2.19. The van der Waals surface area contributed by atoms with Crippen molar-refractivity contribution in [2.45, 2.75) is 19.5 Å². The van der Waals surface area contributed by atoms with E-state index in [-0.39, 0.29) is 17.9 Å². The molecule has 2 amide bonds. The molecule has 0 aliphatic heterocycles. The molecule has 2 heterocycles. The van der Waals surface area contributed by atoms with Gasteiger partial charge in [-0.2, -0.15) is 13.2 Å². The maximum Gasteiger partial charge on any atom is 0.418 e. The molecule has 0 aliphatic carbocycles. The molecule has 0 bridgehead atoms. The average molecular weight is 485 g/mol. The van der Waals surface area contributed by atoms with Crippen LogP contribution in [-0.4, -0.2) is 16.8 Å². The number of thiazole rings is 1. The van der Waals surface area contributed by atoms with Gasteiger partial charge in [0.1, 0.15) is 5.01 Å². The van der Waals surface area contributed by atoms with Crippen molar-refractivity contribution in [3.63, 3.8) is 0 Å². The van der Waals surface area contributed by atoms with E-state index in [1.807, 2.05) is 31.2 Å². The van der Waals surface area contributed by atoms with Crippen molar-refractivity contribution in [1.29, 1.82) is 0 Å². The van der Waals surface area contributed by atoms with E-state index in [4.69, 9.17) is 4.42 Å². The smallest absolute Gasteiger partial charge is 0.418 e. The topological polar surface area (TPSA) is 84.2 Å². The number of carbonyl (C=O) groups is 2. The molecule has 4 aromatic rings. The summed E-state index contributed by atoms with van der Waals surface area (Å²) in [6.07, 6.45) is -3.66. The molecule has 10 heteroatoms. The summed E-state index contributed by atoms with van der Waals surface area (Å²) in [6, 6.07) is 13.7. The average Bonchev–Trinajstić information content (AvgIpc) is 3.46. The zero-order valence-corrected chi connectivity index (χ0v) is 18.6. The molecule has 2 N–H and O–H groups in total. The van der Waals surface area contributed by atoms with Gasteiger partial charge in [-0.3, -0.25) is 9.59 Å². The minimum atomic E-state index is -4.76. The van der Waals surface area contributed by atoms with E-state index in [0.29, 0.717) is 5.69 Å². The number of nitrogens with one attached hydrogen (secondary N) is 2. The second kappa shape index (κ2) is 9.52. The summed E-state index contributed by atoms with van der Waals surface area (Å²) in [5.41, 5.74) is 0.835. The van der Waals surface area contributed by atoms with Crippen LogP contribution in [0, 0.1) is 6.92 Å². The number of alkyl halides is 3. The van der Waals surface area contributed by atoms with Gasteiger partial charge in [0.2, 0.25) is 5.91 Å². The summed E-state index contributed by atoms with van der Waals surface area (Å²) in [5.74, 6) is -1.37. The molecule has 2 aromatic heterocycles. The molecule has 4 rings (SSSR count). The molecule has 0 atom stereocenters. The van der Waals surface area contributed by atoms with Crippen molar-refractivity contribution in [3.05, 3.63) is 88.8 Å². The first kappa shape index (κ1) is 23.2. The molecular weight excluding hydrogens is 467 g/mol. The molecule has 0 unspecified atom stereocenters. The van der Waals surface area contributed by atoms with Crippen molar-refractivity contribution in [2.75, 3.05) is 10.6 Å². The van der Waals surface area contributed by atoms with Gasteiger partial charge in [0, 0.05) is 16.6 Å². The molecule has 0 fully saturated rings. The van der Waals surface area contributed by atoms with Gasteiger partial charge in [-0.25, -0.2) is 4.98 Å². The molecular formula is C24H18F3N3O3S. The third-order valence-corrected chi connectivity index (χ3v) is 5.70. The van der Waals surface area contributed by atoms with E-state index in [2.05, 4.69) is 15.6 Å². The number of furan rings is 1. The SMILES string of the molecule is Cc1cccc(-c2nc(CC(=O)Nc3ccc(NC(=O)c4ccco4)cc3C(F)(F)F)cs2)c1. The lowest BCUT2D eigenvalue weighted by Gasteiger charge is -2.15. The summed E-state index contributed by atoms with van der Waals surface area (Å²) in [7, 11) is 0. The highest BCUT2D eigenvalue weighted by Gasteiger charge is 2.34. The van der Waals surface area contributed by atoms with Crippen LogP contribution in [-0.2, 0) is 17.4 Å². The number of rotatable bonds is 6. The molecule has 2 aromatic carbocycles. The Morgan fingerprint density at radius 2 is 1.88 bits per heavy atom. The Bertz CT molecular complexity index is 1330. The standard InChI is InChI=1S/C24H18F3N3O3S/c1-14-4-2-5-15(10-14)23-29-17(13-34-23)12-21(31)30-19-8-7-16(11-18(19)24(25,26)27)28-22(32)20-6-3-9-33-20/h2-11,13H,12H2,1H3,(H,28,32)(H,30,31). The molecule has 0 saturated heterocycles. The summed E-state index contributed by atoms with van der Waals surface area (Å²) < 4.78 is 45.9. The van der Waals surface area contributed by atoms with E-state index >= 15 is 0 Å². The fraction of sp³-hybridized carbons (Fsp3) is 0.125. The van der Waals surface area contributed by atoms with E-state index < -0.39 is 29.2 Å². The van der Waals surface area contributed by atoms with Crippen LogP contribution in [0.1, 0.15) is 27.4 Å². The Balaban J connectivity index is 1.48. The zero-order chi connectivity index (χ0) is 24.3. The Morgan fingerprint density at radius 1 is 1.06 bits per heavy atom. The van der Waals surface area contributed by atoms with Gasteiger partial charge in [-0.1, -0.05) is 23.8 Å². The minimum absolute atomic E-state index is 0.0424.